The molecular formula is C10H15N3O4. The maximum absolute atomic E-state index is 11.1. The van der Waals surface area contributed by atoms with Gasteiger partial charge in [-0.1, -0.05) is 0 Å². The van der Waals surface area contributed by atoms with E-state index in [0.717, 1.165) is 0 Å². The van der Waals surface area contributed by atoms with E-state index in [-0.39, 0.29) is 11.8 Å². The molecular weight excluding hydrogens is 226 g/mol. The summed E-state index contributed by atoms with van der Waals surface area (Å²) in [7, 11) is 0. The summed E-state index contributed by atoms with van der Waals surface area (Å²) >= 11 is 0. The van der Waals surface area contributed by atoms with Crippen LogP contribution >= 0.6 is 0 Å². The van der Waals surface area contributed by atoms with Crippen LogP contribution < -0.4 is 0 Å². The van der Waals surface area contributed by atoms with Crippen LogP contribution in [0.4, 0.5) is 5.82 Å². The predicted molar refractivity (Wildman–Crippen MR) is 59.5 cm³/mol. The molecule has 0 spiro atoms. The number of aromatic nitrogens is 2. The molecule has 0 aliphatic carbocycles. The van der Waals surface area contributed by atoms with E-state index < -0.39 is 4.92 Å². The number of nitrogens with zero attached hydrogens (tertiary/aromatic N) is 3. The number of esters is 1. The van der Waals surface area contributed by atoms with Crippen LogP contribution in [-0.2, 0) is 16.1 Å². The van der Waals surface area contributed by atoms with Crippen molar-refractivity contribution in [1.82, 2.24) is 9.55 Å². The van der Waals surface area contributed by atoms with Gasteiger partial charge in [0.05, 0.1) is 6.61 Å². The van der Waals surface area contributed by atoms with E-state index in [1.165, 1.54) is 6.20 Å². The lowest BCUT2D eigenvalue weighted by molar-refractivity contribution is -0.389. The van der Waals surface area contributed by atoms with Gasteiger partial charge in [0.25, 0.3) is 0 Å². The Morgan fingerprint density at radius 1 is 1.65 bits per heavy atom. The van der Waals surface area contributed by atoms with E-state index in [2.05, 4.69) is 4.98 Å². The van der Waals surface area contributed by atoms with Crippen molar-refractivity contribution in [3.63, 3.8) is 0 Å². The smallest absolute Gasteiger partial charge is 0.381 e. The molecule has 94 valence electrons. The summed E-state index contributed by atoms with van der Waals surface area (Å²) in [5.41, 5.74) is 0. The average molecular weight is 241 g/mol. The van der Waals surface area contributed by atoms with Crippen molar-refractivity contribution in [2.24, 2.45) is 0 Å². The van der Waals surface area contributed by atoms with Gasteiger partial charge in [0, 0.05) is 19.9 Å². The van der Waals surface area contributed by atoms with E-state index in [0.29, 0.717) is 31.8 Å². The molecule has 7 heteroatoms. The van der Waals surface area contributed by atoms with Crippen molar-refractivity contribution >= 4 is 11.8 Å². The molecule has 0 radical (unpaired) electrons. The van der Waals surface area contributed by atoms with Crippen molar-refractivity contribution in [2.45, 2.75) is 33.2 Å². The molecule has 0 N–H and O–H groups in total. The van der Waals surface area contributed by atoms with Crippen LogP contribution in [0.3, 0.4) is 0 Å². The van der Waals surface area contributed by atoms with Gasteiger partial charge < -0.3 is 19.4 Å². The second-order valence-electron chi connectivity index (χ2n) is 3.51. The lowest BCUT2D eigenvalue weighted by Gasteiger charge is -2.02. The molecule has 0 aliphatic rings. The van der Waals surface area contributed by atoms with Crippen molar-refractivity contribution in [3.05, 3.63) is 22.1 Å². The lowest BCUT2D eigenvalue weighted by atomic mass is 10.3. The number of imidazole rings is 1. The summed E-state index contributed by atoms with van der Waals surface area (Å²) in [6.45, 7) is 4.33. The van der Waals surface area contributed by atoms with Crippen LogP contribution in [-0.4, -0.2) is 27.1 Å². The first-order chi connectivity index (χ1) is 8.04. The number of hydrogen-bond donors (Lipinski definition) is 0. The van der Waals surface area contributed by atoms with Crippen LogP contribution in [0.2, 0.25) is 0 Å². The molecule has 1 aromatic rings. The molecule has 0 aromatic carbocycles. The van der Waals surface area contributed by atoms with Crippen LogP contribution in [0.5, 0.6) is 0 Å². The molecule has 0 bridgehead atoms. The van der Waals surface area contributed by atoms with Gasteiger partial charge >= 0.3 is 11.8 Å². The first-order valence-corrected chi connectivity index (χ1v) is 5.38. The largest absolute Gasteiger partial charge is 0.466 e. The first-order valence-electron chi connectivity index (χ1n) is 5.38. The van der Waals surface area contributed by atoms with Gasteiger partial charge in [-0.25, -0.2) is 0 Å². The summed E-state index contributed by atoms with van der Waals surface area (Å²) < 4.78 is 6.45. The zero-order chi connectivity index (χ0) is 12.8. The first kappa shape index (κ1) is 13.1. The third-order valence-electron chi connectivity index (χ3n) is 2.24. The second-order valence-corrected chi connectivity index (χ2v) is 3.51. The van der Waals surface area contributed by atoms with E-state index >= 15 is 0 Å². The van der Waals surface area contributed by atoms with Crippen LogP contribution in [0.25, 0.3) is 0 Å². The number of carbonyl (C=O) groups is 1. The quantitative estimate of drug-likeness (QED) is 0.427. The standard InChI is InChI=1S/C10H15N3O4/c1-3-17-10(14)5-4-6-12-7-9(13(15)16)11-8(12)2/h7H,3-6H2,1-2H3. The maximum atomic E-state index is 11.1. The van der Waals surface area contributed by atoms with Crippen LogP contribution in [0.1, 0.15) is 25.6 Å². The SMILES string of the molecule is CCOC(=O)CCCn1cc([N+](=O)[O-])nc1C. The van der Waals surface area contributed by atoms with Gasteiger partial charge in [0.2, 0.25) is 5.82 Å². The normalized spacial score (nSPS) is 10.2. The van der Waals surface area contributed by atoms with E-state index in [1.807, 2.05) is 0 Å². The molecule has 0 fully saturated rings. The number of ether oxygens (including phenoxy) is 1. The predicted octanol–water partition coefficient (Wildman–Crippen LogP) is 1.44. The molecule has 17 heavy (non-hydrogen) atoms. The highest BCUT2D eigenvalue weighted by atomic mass is 16.6. The fraction of sp³-hybridized carbons (Fsp3) is 0.600. The minimum absolute atomic E-state index is 0.168. The molecule has 1 rings (SSSR count). The molecule has 1 aromatic heterocycles. The Balaban J connectivity index is 2.46. The summed E-state index contributed by atoms with van der Waals surface area (Å²) in [5, 5.41) is 10.5. The third kappa shape index (κ3) is 3.86. The van der Waals surface area contributed by atoms with Crippen LogP contribution in [0.15, 0.2) is 6.20 Å². The maximum Gasteiger partial charge on any atom is 0.381 e. The minimum Gasteiger partial charge on any atom is -0.466 e. The van der Waals surface area contributed by atoms with Crippen molar-refractivity contribution < 1.29 is 14.5 Å². The average Bonchev–Trinajstić information content (AvgIpc) is 2.61. The Hall–Kier alpha value is -1.92. The fourth-order valence-corrected chi connectivity index (χ4v) is 1.43. The third-order valence-corrected chi connectivity index (χ3v) is 2.24. The highest BCUT2D eigenvalue weighted by Crippen LogP contribution is 2.11. The number of nitro groups is 1. The zero-order valence-electron chi connectivity index (χ0n) is 9.88. The molecule has 0 atom stereocenters. The molecule has 0 aliphatic heterocycles. The van der Waals surface area contributed by atoms with E-state index in [1.54, 1.807) is 18.4 Å². The van der Waals surface area contributed by atoms with Gasteiger partial charge in [0.15, 0.2) is 0 Å². The summed E-state index contributed by atoms with van der Waals surface area (Å²) in [4.78, 5) is 24.8. The fourth-order valence-electron chi connectivity index (χ4n) is 1.43. The molecule has 0 saturated heterocycles. The Kier molecular flexibility index (Phi) is 4.62. The van der Waals surface area contributed by atoms with Crippen LogP contribution in [0, 0.1) is 17.0 Å². The minimum atomic E-state index is -0.533. The summed E-state index contributed by atoms with van der Waals surface area (Å²) in [5.74, 6) is 0.152. The van der Waals surface area contributed by atoms with Gasteiger partial charge in [-0.15, -0.1) is 0 Å². The molecule has 0 unspecified atom stereocenters. The lowest BCUT2D eigenvalue weighted by Crippen LogP contribution is -2.06. The van der Waals surface area contributed by atoms with E-state index in [4.69, 9.17) is 4.74 Å². The van der Waals surface area contributed by atoms with Gasteiger partial charge in [-0.05, 0) is 23.3 Å². The Morgan fingerprint density at radius 2 is 2.35 bits per heavy atom. The number of carbonyl (C=O) groups excluding carboxylic acids is 1. The Labute approximate surface area is 98.6 Å². The van der Waals surface area contributed by atoms with Gasteiger partial charge in [-0.2, -0.15) is 0 Å². The highest BCUT2D eigenvalue weighted by Gasteiger charge is 2.14. The Bertz CT molecular complexity index is 414. The molecule has 0 saturated carbocycles. The molecule has 1 heterocycles. The van der Waals surface area contributed by atoms with E-state index in [9.17, 15) is 14.9 Å². The second kappa shape index (κ2) is 5.97. The number of aryl methyl sites for hydroxylation is 2. The van der Waals surface area contributed by atoms with Gasteiger partial charge in [-0.3, -0.25) is 4.79 Å². The number of rotatable bonds is 6. The van der Waals surface area contributed by atoms with Crippen molar-refractivity contribution in [3.8, 4) is 0 Å². The summed E-state index contributed by atoms with van der Waals surface area (Å²) in [6.07, 6.45) is 2.26. The topological polar surface area (TPSA) is 87.3 Å². The Morgan fingerprint density at radius 3 is 2.88 bits per heavy atom. The monoisotopic (exact) mass is 241 g/mol. The molecule has 0 amide bonds. The van der Waals surface area contributed by atoms with Crippen molar-refractivity contribution in [1.29, 1.82) is 0 Å². The summed E-state index contributed by atoms with van der Waals surface area (Å²) in [6, 6.07) is 0. The number of hydrogen-bond acceptors (Lipinski definition) is 5. The molecule has 7 nitrogen and oxygen atoms in total. The zero-order valence-corrected chi connectivity index (χ0v) is 9.88. The van der Waals surface area contributed by atoms with Gasteiger partial charge in [0.1, 0.15) is 6.20 Å². The van der Waals surface area contributed by atoms with Crippen molar-refractivity contribution in [2.75, 3.05) is 6.61 Å². The highest BCUT2D eigenvalue weighted by molar-refractivity contribution is 5.69.